The minimum atomic E-state index is -0.338. The predicted octanol–water partition coefficient (Wildman–Crippen LogP) is 2.93. The molecule has 1 unspecified atom stereocenters. The zero-order chi connectivity index (χ0) is 17.8. The highest BCUT2D eigenvalue weighted by molar-refractivity contribution is 5.68. The predicted molar refractivity (Wildman–Crippen MR) is 95.9 cm³/mol. The zero-order valence-corrected chi connectivity index (χ0v) is 14.4. The summed E-state index contributed by atoms with van der Waals surface area (Å²) in [6, 6.07) is 12.1. The van der Waals surface area contributed by atoms with E-state index in [0.717, 1.165) is 24.0 Å². The minimum absolute atomic E-state index is 0.338. The molecule has 25 heavy (non-hydrogen) atoms. The molecule has 6 nitrogen and oxygen atoms in total. The molecule has 0 saturated carbocycles. The number of aromatic nitrogens is 2. The summed E-state index contributed by atoms with van der Waals surface area (Å²) < 4.78 is 5.49. The third-order valence-electron chi connectivity index (χ3n) is 4.41. The van der Waals surface area contributed by atoms with Crippen molar-refractivity contribution in [2.75, 3.05) is 18.6 Å². The van der Waals surface area contributed by atoms with Crippen LogP contribution >= 0.6 is 0 Å². The van der Waals surface area contributed by atoms with E-state index >= 15 is 0 Å². The molecule has 0 bridgehead atoms. The molecule has 1 aromatic heterocycles. The van der Waals surface area contributed by atoms with E-state index < -0.39 is 0 Å². The van der Waals surface area contributed by atoms with Crippen molar-refractivity contribution >= 4 is 5.82 Å². The smallest absolute Gasteiger partial charge is 0.222 e. The Labute approximate surface area is 147 Å². The van der Waals surface area contributed by atoms with Crippen molar-refractivity contribution in [3.05, 3.63) is 59.2 Å². The number of hydrogen-bond acceptors (Lipinski definition) is 6. The molecule has 1 aliphatic rings. The van der Waals surface area contributed by atoms with Gasteiger partial charge in [-0.25, -0.2) is 9.97 Å². The van der Waals surface area contributed by atoms with Gasteiger partial charge in [-0.15, -0.1) is 0 Å². The van der Waals surface area contributed by atoms with Crippen LogP contribution in [0, 0.1) is 11.3 Å². The monoisotopic (exact) mass is 335 g/mol. The number of unbranched alkanes of at least 4 members (excludes halogenated alkanes) is 1. The van der Waals surface area contributed by atoms with Crippen LogP contribution in [0.1, 0.15) is 36.8 Å². The van der Waals surface area contributed by atoms with Crippen LogP contribution in [0.5, 0.6) is 5.88 Å². The second-order valence-electron chi connectivity index (χ2n) is 5.88. The van der Waals surface area contributed by atoms with E-state index in [1.54, 1.807) is 7.11 Å². The van der Waals surface area contributed by atoms with Crippen LogP contribution in [-0.4, -0.2) is 23.6 Å². The number of benzene rings is 1. The number of nitriles is 1. The summed E-state index contributed by atoms with van der Waals surface area (Å²) >= 11 is 0. The van der Waals surface area contributed by atoms with E-state index in [2.05, 4.69) is 23.0 Å². The lowest BCUT2D eigenvalue weighted by Crippen LogP contribution is -2.36. The number of rotatable bonds is 5. The lowest BCUT2D eigenvalue weighted by atomic mass is 9.83. The molecule has 1 aromatic carbocycles. The molecular weight excluding hydrogens is 314 g/mol. The van der Waals surface area contributed by atoms with E-state index in [1.807, 2.05) is 35.2 Å². The summed E-state index contributed by atoms with van der Waals surface area (Å²) in [7, 11) is 1.58. The fourth-order valence-electron chi connectivity index (χ4n) is 3.20. The Kier molecular flexibility index (Phi) is 4.85. The molecule has 0 fully saturated rings. The van der Waals surface area contributed by atoms with Crippen molar-refractivity contribution < 1.29 is 4.74 Å². The van der Waals surface area contributed by atoms with Crippen LogP contribution in [0.15, 0.2) is 48.1 Å². The lowest BCUT2D eigenvalue weighted by Gasteiger charge is -2.35. The molecule has 2 N–H and O–H groups in total. The molecule has 0 radical (unpaired) electrons. The first-order valence-electron chi connectivity index (χ1n) is 8.34. The van der Waals surface area contributed by atoms with E-state index in [9.17, 15) is 5.26 Å². The number of hydrogen-bond donors (Lipinski definition) is 1. The van der Waals surface area contributed by atoms with Crippen LogP contribution < -0.4 is 15.4 Å². The van der Waals surface area contributed by atoms with Gasteiger partial charge in [0.05, 0.1) is 30.2 Å². The van der Waals surface area contributed by atoms with Gasteiger partial charge in [0, 0.05) is 6.54 Å². The second kappa shape index (κ2) is 7.22. The highest BCUT2D eigenvalue weighted by atomic mass is 16.5. The molecule has 0 aliphatic carbocycles. The van der Waals surface area contributed by atoms with Crippen LogP contribution in [0.25, 0.3) is 0 Å². The molecular formula is C19H21N5O. The van der Waals surface area contributed by atoms with Gasteiger partial charge in [0.1, 0.15) is 18.0 Å². The summed E-state index contributed by atoms with van der Waals surface area (Å²) in [4.78, 5) is 10.6. The van der Waals surface area contributed by atoms with Crippen molar-refractivity contribution in [2.45, 2.75) is 25.7 Å². The van der Waals surface area contributed by atoms with Crippen molar-refractivity contribution in [1.29, 1.82) is 5.26 Å². The first-order chi connectivity index (χ1) is 12.2. The fourth-order valence-corrected chi connectivity index (χ4v) is 3.20. The Morgan fingerprint density at radius 3 is 2.68 bits per heavy atom. The highest BCUT2D eigenvalue weighted by Crippen LogP contribution is 2.45. The van der Waals surface area contributed by atoms with E-state index in [0.29, 0.717) is 29.6 Å². The molecule has 0 spiro atoms. The average molecular weight is 335 g/mol. The van der Waals surface area contributed by atoms with Crippen molar-refractivity contribution in [3.63, 3.8) is 0 Å². The van der Waals surface area contributed by atoms with Crippen molar-refractivity contribution in [1.82, 2.24) is 9.97 Å². The molecule has 2 aromatic rings. The van der Waals surface area contributed by atoms with Crippen molar-refractivity contribution in [2.24, 2.45) is 5.73 Å². The Bertz CT molecular complexity index is 825. The van der Waals surface area contributed by atoms with Gasteiger partial charge < -0.3 is 15.4 Å². The first kappa shape index (κ1) is 16.8. The molecule has 1 atom stereocenters. The molecule has 128 valence electrons. The molecule has 0 saturated heterocycles. The Balaban J connectivity index is 2.26. The Hall–Kier alpha value is -3.07. The quantitative estimate of drug-likeness (QED) is 0.904. The second-order valence-corrected chi connectivity index (χ2v) is 5.88. The number of fused-ring (bicyclic) bond motifs is 1. The van der Waals surface area contributed by atoms with Crippen LogP contribution in [-0.2, 0) is 0 Å². The van der Waals surface area contributed by atoms with Crippen molar-refractivity contribution in [3.8, 4) is 11.9 Å². The van der Waals surface area contributed by atoms with Gasteiger partial charge in [-0.05, 0) is 12.0 Å². The van der Waals surface area contributed by atoms with Gasteiger partial charge in [0.15, 0.2) is 0 Å². The highest BCUT2D eigenvalue weighted by Gasteiger charge is 2.36. The maximum absolute atomic E-state index is 9.83. The van der Waals surface area contributed by atoms with Gasteiger partial charge >= 0.3 is 0 Å². The number of nitrogens with two attached hydrogens (primary N) is 1. The third kappa shape index (κ3) is 2.89. The largest absolute Gasteiger partial charge is 0.481 e. The van der Waals surface area contributed by atoms with Crippen LogP contribution in [0.4, 0.5) is 5.82 Å². The molecule has 0 amide bonds. The number of allylic oxidation sites excluding steroid dienone is 1. The van der Waals surface area contributed by atoms with Crippen LogP contribution in [0.3, 0.4) is 0 Å². The number of anilines is 1. The average Bonchev–Trinajstić information content (AvgIpc) is 2.66. The number of ether oxygens (including phenoxy) is 1. The van der Waals surface area contributed by atoms with Gasteiger partial charge in [-0.2, -0.15) is 5.26 Å². The molecule has 3 rings (SSSR count). The number of nitrogens with zero attached hydrogens (tertiary/aromatic N) is 4. The Morgan fingerprint density at radius 1 is 1.28 bits per heavy atom. The van der Waals surface area contributed by atoms with E-state index in [1.165, 1.54) is 6.33 Å². The summed E-state index contributed by atoms with van der Waals surface area (Å²) in [5.74, 6) is 1.31. The van der Waals surface area contributed by atoms with Gasteiger partial charge in [0.2, 0.25) is 5.88 Å². The fraction of sp³-hybridized carbons (Fsp3) is 0.316. The summed E-state index contributed by atoms with van der Waals surface area (Å²) in [5.41, 5.74) is 8.65. The van der Waals surface area contributed by atoms with Gasteiger partial charge in [0.25, 0.3) is 0 Å². The standard InChI is InChI=1S/C19H21N5O/c1-3-4-10-24-17(21)14(11-20)15(13-8-6-5-7-9-13)16-18(24)22-12-23-19(16)25-2/h5-9,12,15H,3-4,10,21H2,1-2H3. The summed E-state index contributed by atoms with van der Waals surface area (Å²) in [5, 5.41) is 9.83. The minimum Gasteiger partial charge on any atom is -0.481 e. The normalized spacial score (nSPS) is 16.4. The maximum Gasteiger partial charge on any atom is 0.222 e. The first-order valence-corrected chi connectivity index (χ1v) is 8.34. The third-order valence-corrected chi connectivity index (χ3v) is 4.41. The van der Waals surface area contributed by atoms with Crippen LogP contribution in [0.2, 0.25) is 0 Å². The molecule has 2 heterocycles. The van der Waals surface area contributed by atoms with E-state index in [4.69, 9.17) is 10.5 Å². The summed E-state index contributed by atoms with van der Waals surface area (Å²) in [6.45, 7) is 2.81. The zero-order valence-electron chi connectivity index (χ0n) is 14.4. The lowest BCUT2D eigenvalue weighted by molar-refractivity contribution is 0.390. The van der Waals surface area contributed by atoms with E-state index in [-0.39, 0.29) is 5.92 Å². The Morgan fingerprint density at radius 2 is 2.04 bits per heavy atom. The molecule has 6 heteroatoms. The maximum atomic E-state index is 9.83. The summed E-state index contributed by atoms with van der Waals surface area (Å²) in [6.07, 6.45) is 3.44. The molecule has 1 aliphatic heterocycles. The number of methoxy groups -OCH3 is 1. The SMILES string of the molecule is CCCCN1C(N)=C(C#N)C(c2ccccc2)c2c(OC)ncnc21. The topological polar surface area (TPSA) is 88.1 Å². The van der Waals surface area contributed by atoms with Gasteiger partial charge in [-0.3, -0.25) is 0 Å². The van der Waals surface area contributed by atoms with Gasteiger partial charge in [-0.1, -0.05) is 43.7 Å².